The summed E-state index contributed by atoms with van der Waals surface area (Å²) in [6.45, 7) is 0. The van der Waals surface area contributed by atoms with Crippen LogP contribution in [0.25, 0.3) is 10.9 Å². The summed E-state index contributed by atoms with van der Waals surface area (Å²) in [5.74, 6) is -0.352. The number of aryl methyl sites for hydroxylation is 2. The number of carbonyl (C=O) groups excluding carboxylic acids is 2. The number of para-hydroxylation sites is 1. The van der Waals surface area contributed by atoms with Crippen LogP contribution in [0.3, 0.4) is 0 Å². The highest BCUT2D eigenvalue weighted by Crippen LogP contribution is 2.25. The van der Waals surface area contributed by atoms with Crippen LogP contribution in [0.1, 0.15) is 22.5 Å². The van der Waals surface area contributed by atoms with Crippen molar-refractivity contribution in [2.45, 2.75) is 12.8 Å². The van der Waals surface area contributed by atoms with Crippen molar-refractivity contribution in [2.24, 2.45) is 12.8 Å². The fraction of sp³-hybridized carbons (Fsp3) is 0.231. The van der Waals surface area contributed by atoms with Crippen LogP contribution in [-0.4, -0.2) is 16.8 Å². The van der Waals surface area contributed by atoms with Gasteiger partial charge >= 0.3 is 0 Å². The number of amides is 1. The van der Waals surface area contributed by atoms with Crippen LogP contribution >= 0.6 is 0 Å². The van der Waals surface area contributed by atoms with E-state index in [1.54, 1.807) is 0 Å². The van der Waals surface area contributed by atoms with Gasteiger partial charge in [-0.25, -0.2) is 0 Å². The van der Waals surface area contributed by atoms with E-state index < -0.39 is 0 Å². The van der Waals surface area contributed by atoms with Crippen molar-refractivity contribution in [3.05, 3.63) is 35.5 Å². The molecule has 2 aromatic rings. The number of hydrogen-bond donors (Lipinski definition) is 1. The van der Waals surface area contributed by atoms with Crippen LogP contribution in [-0.2, 0) is 18.3 Å². The second kappa shape index (κ2) is 4.41. The van der Waals surface area contributed by atoms with Crippen molar-refractivity contribution in [1.82, 2.24) is 4.57 Å². The van der Waals surface area contributed by atoms with Gasteiger partial charge in [-0.2, -0.15) is 0 Å². The largest absolute Gasteiger partial charge is 0.370 e. The minimum Gasteiger partial charge on any atom is -0.370 e. The number of hydrogen-bond acceptors (Lipinski definition) is 2. The number of aromatic nitrogens is 1. The van der Waals surface area contributed by atoms with Gasteiger partial charge in [0.25, 0.3) is 0 Å². The van der Waals surface area contributed by atoms with E-state index in [9.17, 15) is 9.59 Å². The van der Waals surface area contributed by atoms with Gasteiger partial charge in [-0.1, -0.05) is 18.2 Å². The van der Waals surface area contributed by atoms with Crippen molar-refractivity contribution in [3.63, 3.8) is 0 Å². The molecule has 1 amide bonds. The van der Waals surface area contributed by atoms with Crippen LogP contribution in [0.5, 0.6) is 0 Å². The summed E-state index contributed by atoms with van der Waals surface area (Å²) in [5, 5.41) is 1.01. The summed E-state index contributed by atoms with van der Waals surface area (Å²) < 4.78 is 1.85. The molecule has 0 aliphatic rings. The molecule has 0 aliphatic carbocycles. The van der Waals surface area contributed by atoms with Gasteiger partial charge in [-0.15, -0.1) is 0 Å². The minimum atomic E-state index is -0.352. The SMILES string of the molecule is Cn1c(C=O)c(CCC(N)=O)c2ccccc21. The fourth-order valence-corrected chi connectivity index (χ4v) is 2.15. The van der Waals surface area contributed by atoms with Crippen molar-refractivity contribution in [3.8, 4) is 0 Å². The number of rotatable bonds is 4. The van der Waals surface area contributed by atoms with Gasteiger partial charge in [0.05, 0.1) is 5.69 Å². The molecule has 4 heteroatoms. The van der Waals surface area contributed by atoms with Gasteiger partial charge in [0.2, 0.25) is 5.91 Å². The van der Waals surface area contributed by atoms with E-state index >= 15 is 0 Å². The maximum absolute atomic E-state index is 11.1. The predicted octanol–water partition coefficient (Wildman–Crippen LogP) is 1.41. The molecular formula is C13H14N2O2. The van der Waals surface area contributed by atoms with E-state index in [2.05, 4.69) is 0 Å². The topological polar surface area (TPSA) is 65.1 Å². The van der Waals surface area contributed by atoms with Gasteiger partial charge < -0.3 is 10.3 Å². The first kappa shape index (κ1) is 11.4. The molecule has 0 bridgehead atoms. The normalized spacial score (nSPS) is 10.6. The molecule has 1 aromatic heterocycles. The molecule has 88 valence electrons. The van der Waals surface area contributed by atoms with E-state index in [1.165, 1.54) is 0 Å². The van der Waals surface area contributed by atoms with Gasteiger partial charge in [0, 0.05) is 24.4 Å². The van der Waals surface area contributed by atoms with Gasteiger partial charge in [0.1, 0.15) is 0 Å². The Morgan fingerprint density at radius 3 is 2.76 bits per heavy atom. The number of benzene rings is 1. The zero-order valence-corrected chi connectivity index (χ0v) is 9.64. The highest BCUT2D eigenvalue weighted by Gasteiger charge is 2.14. The maximum Gasteiger partial charge on any atom is 0.217 e. The van der Waals surface area contributed by atoms with E-state index in [-0.39, 0.29) is 12.3 Å². The molecule has 0 fully saturated rings. The van der Waals surface area contributed by atoms with Crippen LogP contribution in [0, 0.1) is 0 Å². The molecule has 0 atom stereocenters. The highest BCUT2D eigenvalue weighted by atomic mass is 16.1. The van der Waals surface area contributed by atoms with Gasteiger partial charge in [0.15, 0.2) is 6.29 Å². The lowest BCUT2D eigenvalue weighted by atomic mass is 10.1. The van der Waals surface area contributed by atoms with E-state index in [0.29, 0.717) is 12.1 Å². The zero-order valence-electron chi connectivity index (χ0n) is 9.64. The fourth-order valence-electron chi connectivity index (χ4n) is 2.15. The Bertz CT molecular complexity index is 584. The highest BCUT2D eigenvalue weighted by molar-refractivity contribution is 5.93. The second-order valence-electron chi connectivity index (χ2n) is 4.02. The van der Waals surface area contributed by atoms with Crippen LogP contribution in [0.15, 0.2) is 24.3 Å². The molecule has 0 radical (unpaired) electrons. The number of nitrogens with two attached hydrogens (primary N) is 1. The second-order valence-corrected chi connectivity index (χ2v) is 4.02. The first-order valence-electron chi connectivity index (χ1n) is 5.45. The Labute approximate surface area is 99.0 Å². The molecule has 17 heavy (non-hydrogen) atoms. The van der Waals surface area contributed by atoms with Crippen molar-refractivity contribution in [1.29, 1.82) is 0 Å². The van der Waals surface area contributed by atoms with E-state index in [4.69, 9.17) is 5.73 Å². The maximum atomic E-state index is 11.1. The summed E-state index contributed by atoms with van der Waals surface area (Å²) in [6.07, 6.45) is 1.59. The molecular weight excluding hydrogens is 216 g/mol. The van der Waals surface area contributed by atoms with Crippen molar-refractivity contribution >= 4 is 23.1 Å². The van der Waals surface area contributed by atoms with Crippen LogP contribution in [0.4, 0.5) is 0 Å². The summed E-state index contributed by atoms with van der Waals surface area (Å²) in [5.41, 5.74) is 7.66. The number of nitrogens with zero attached hydrogens (tertiary/aromatic N) is 1. The lowest BCUT2D eigenvalue weighted by molar-refractivity contribution is -0.117. The number of aldehydes is 1. The van der Waals surface area contributed by atoms with Crippen molar-refractivity contribution in [2.75, 3.05) is 0 Å². The summed E-state index contributed by atoms with van der Waals surface area (Å²) >= 11 is 0. The zero-order chi connectivity index (χ0) is 12.4. The Balaban J connectivity index is 2.58. The molecule has 2 rings (SSSR count). The molecule has 0 saturated carbocycles. The quantitative estimate of drug-likeness (QED) is 0.807. The molecule has 4 nitrogen and oxygen atoms in total. The number of primary amides is 1. The van der Waals surface area contributed by atoms with Crippen molar-refractivity contribution < 1.29 is 9.59 Å². The molecule has 2 N–H and O–H groups in total. The summed E-state index contributed by atoms with van der Waals surface area (Å²) in [4.78, 5) is 22.0. The van der Waals surface area contributed by atoms with E-state index in [1.807, 2.05) is 35.9 Å². The predicted molar refractivity (Wildman–Crippen MR) is 65.8 cm³/mol. The average molecular weight is 230 g/mol. The Morgan fingerprint density at radius 1 is 1.41 bits per heavy atom. The third-order valence-electron chi connectivity index (χ3n) is 2.99. The van der Waals surface area contributed by atoms with E-state index in [0.717, 1.165) is 22.8 Å². The summed E-state index contributed by atoms with van der Waals surface area (Å²) in [6, 6.07) is 7.76. The standard InChI is InChI=1S/C13H14N2O2/c1-15-11-5-3-2-4-9(11)10(12(15)8-16)6-7-13(14)17/h2-5,8H,6-7H2,1H3,(H2,14,17). The molecule has 0 aliphatic heterocycles. The molecule has 1 heterocycles. The first-order chi connectivity index (χ1) is 8.15. The van der Waals surface area contributed by atoms with Crippen LogP contribution < -0.4 is 5.73 Å². The molecule has 0 saturated heterocycles. The molecule has 0 unspecified atom stereocenters. The lowest BCUT2D eigenvalue weighted by Crippen LogP contribution is -2.11. The smallest absolute Gasteiger partial charge is 0.217 e. The number of fused-ring (bicyclic) bond motifs is 1. The lowest BCUT2D eigenvalue weighted by Gasteiger charge is -1.99. The summed E-state index contributed by atoms with van der Waals surface area (Å²) in [7, 11) is 1.85. The molecule has 0 spiro atoms. The third kappa shape index (κ3) is 1.93. The minimum absolute atomic E-state index is 0.259. The Hall–Kier alpha value is -2.10. The van der Waals surface area contributed by atoms with Crippen LogP contribution in [0.2, 0.25) is 0 Å². The number of carbonyl (C=O) groups is 2. The van der Waals surface area contributed by atoms with Gasteiger partial charge in [-0.3, -0.25) is 9.59 Å². The monoisotopic (exact) mass is 230 g/mol. The Morgan fingerprint density at radius 2 is 2.12 bits per heavy atom. The first-order valence-corrected chi connectivity index (χ1v) is 5.45. The average Bonchev–Trinajstić information content (AvgIpc) is 2.60. The Kier molecular flexibility index (Phi) is 2.95. The van der Waals surface area contributed by atoms with Gasteiger partial charge in [-0.05, 0) is 18.1 Å². The molecule has 1 aromatic carbocycles. The third-order valence-corrected chi connectivity index (χ3v) is 2.99.